The van der Waals surface area contributed by atoms with Gasteiger partial charge in [-0.05, 0) is 67.0 Å². The first-order valence-electron chi connectivity index (χ1n) is 14.8. The van der Waals surface area contributed by atoms with Crippen LogP contribution in [-0.4, -0.2) is 54.3 Å². The second-order valence-corrected chi connectivity index (χ2v) is 23.8. The summed E-state index contributed by atoms with van der Waals surface area (Å²) in [6.45, 7) is 25.9. The van der Waals surface area contributed by atoms with Crippen LogP contribution in [0.1, 0.15) is 86.1 Å². The second-order valence-electron chi connectivity index (χ2n) is 14.3. The van der Waals surface area contributed by atoms with Gasteiger partial charge < -0.3 is 18.3 Å². The van der Waals surface area contributed by atoms with Crippen molar-refractivity contribution in [2.75, 3.05) is 13.7 Å². The first kappa shape index (κ1) is 36.7. The van der Waals surface area contributed by atoms with Gasteiger partial charge in [-0.1, -0.05) is 78.8 Å². The molecule has 0 saturated heterocycles. The highest BCUT2D eigenvalue weighted by Crippen LogP contribution is 2.41. The van der Waals surface area contributed by atoms with Crippen molar-refractivity contribution in [3.63, 3.8) is 0 Å². The van der Waals surface area contributed by atoms with Gasteiger partial charge in [0, 0.05) is 13.0 Å². The van der Waals surface area contributed by atoms with E-state index >= 15 is 0 Å². The molecule has 0 fully saturated rings. The highest BCUT2D eigenvalue weighted by molar-refractivity contribution is 6.74. The molecular weight excluding hydrogens is 537 g/mol. The van der Waals surface area contributed by atoms with Crippen LogP contribution in [0.25, 0.3) is 0 Å². The molecule has 40 heavy (non-hydrogen) atoms. The SMILES string of the molecule is COC(=O)CC(=O)C[C@@H](C[C@H](O[Si](C)(C)C(C)(C)C)[C@@H](C)CCCOCc1ccccc1)O[Si](C)(C)C(C)(C)C. The zero-order valence-corrected chi connectivity index (χ0v) is 29.5. The number of carbonyl (C=O) groups is 2. The molecule has 0 saturated carbocycles. The molecule has 0 aliphatic rings. The quantitative estimate of drug-likeness (QED) is 0.0782. The summed E-state index contributed by atoms with van der Waals surface area (Å²) in [5, 5.41) is 0.0500. The lowest BCUT2D eigenvalue weighted by Gasteiger charge is -2.44. The third kappa shape index (κ3) is 12.7. The van der Waals surface area contributed by atoms with E-state index in [4.69, 9.17) is 18.3 Å². The molecule has 0 bridgehead atoms. The summed E-state index contributed by atoms with van der Waals surface area (Å²) in [7, 11) is -2.97. The zero-order chi connectivity index (χ0) is 30.8. The predicted molar refractivity (Wildman–Crippen MR) is 170 cm³/mol. The number of hydrogen-bond donors (Lipinski definition) is 0. The summed E-state index contributed by atoms with van der Waals surface area (Å²) in [6.07, 6.45) is 2.09. The van der Waals surface area contributed by atoms with Crippen LogP contribution in [0.4, 0.5) is 0 Å². The van der Waals surface area contributed by atoms with Crippen molar-refractivity contribution in [3.8, 4) is 0 Å². The fourth-order valence-corrected chi connectivity index (χ4v) is 6.80. The fraction of sp³-hybridized carbons (Fsp3) is 0.750. The van der Waals surface area contributed by atoms with E-state index in [2.05, 4.69) is 86.8 Å². The molecule has 0 N–H and O–H groups in total. The topological polar surface area (TPSA) is 71.1 Å². The van der Waals surface area contributed by atoms with E-state index in [1.54, 1.807) is 0 Å². The first-order valence-corrected chi connectivity index (χ1v) is 20.7. The average Bonchev–Trinajstić information content (AvgIpc) is 2.81. The van der Waals surface area contributed by atoms with Gasteiger partial charge in [0.25, 0.3) is 0 Å². The molecule has 0 aromatic heterocycles. The van der Waals surface area contributed by atoms with Gasteiger partial charge in [0.05, 0.1) is 25.9 Å². The van der Waals surface area contributed by atoms with Gasteiger partial charge in [0.2, 0.25) is 0 Å². The van der Waals surface area contributed by atoms with E-state index in [9.17, 15) is 9.59 Å². The van der Waals surface area contributed by atoms with Crippen LogP contribution in [0.15, 0.2) is 30.3 Å². The summed E-state index contributed by atoms with van der Waals surface area (Å²) in [4.78, 5) is 24.7. The highest BCUT2D eigenvalue weighted by Gasteiger charge is 2.43. The Hall–Kier alpha value is -1.33. The summed E-state index contributed by atoms with van der Waals surface area (Å²) in [6, 6.07) is 10.2. The van der Waals surface area contributed by atoms with E-state index in [-0.39, 0.29) is 46.8 Å². The number of hydrogen-bond acceptors (Lipinski definition) is 6. The van der Waals surface area contributed by atoms with Crippen LogP contribution < -0.4 is 0 Å². The Bertz CT molecular complexity index is 902. The molecule has 1 aromatic rings. The van der Waals surface area contributed by atoms with Crippen LogP contribution in [0.5, 0.6) is 0 Å². The van der Waals surface area contributed by atoms with Crippen molar-refractivity contribution in [1.82, 2.24) is 0 Å². The van der Waals surface area contributed by atoms with Crippen molar-refractivity contribution in [2.24, 2.45) is 5.92 Å². The van der Waals surface area contributed by atoms with Crippen LogP contribution in [0, 0.1) is 5.92 Å². The first-order chi connectivity index (χ1) is 18.3. The molecule has 0 spiro atoms. The van der Waals surface area contributed by atoms with Gasteiger partial charge in [-0.2, -0.15) is 0 Å². The number of Topliss-reactive ketones (excluding diaryl/α,β-unsaturated/α-hetero) is 1. The number of benzene rings is 1. The van der Waals surface area contributed by atoms with E-state index in [0.29, 0.717) is 19.6 Å². The van der Waals surface area contributed by atoms with Gasteiger partial charge >= 0.3 is 5.97 Å². The standard InChI is InChI=1S/C32H58O6Si2/c1-25(17-16-20-36-24-26-18-14-13-15-19-26)29(38-40(11,12)32(5,6)7)23-28(21-27(33)22-30(34)35-8)37-39(9,10)31(2,3)4/h13-15,18-19,25,28-29H,16-17,20-24H2,1-12H3/t25-,28-,29-/m0/s1. The number of methoxy groups -OCH3 is 1. The van der Waals surface area contributed by atoms with Gasteiger partial charge in [-0.15, -0.1) is 0 Å². The summed E-state index contributed by atoms with van der Waals surface area (Å²) in [5.74, 6) is -0.395. The molecule has 0 aliphatic heterocycles. The zero-order valence-electron chi connectivity index (χ0n) is 27.5. The third-order valence-electron chi connectivity index (χ3n) is 8.73. The molecule has 0 aliphatic carbocycles. The lowest BCUT2D eigenvalue weighted by Crippen LogP contribution is -2.49. The largest absolute Gasteiger partial charge is 0.469 e. The molecule has 230 valence electrons. The van der Waals surface area contributed by atoms with Crippen LogP contribution >= 0.6 is 0 Å². The number of ether oxygens (including phenoxy) is 2. The smallest absolute Gasteiger partial charge is 0.313 e. The van der Waals surface area contributed by atoms with Gasteiger partial charge in [-0.25, -0.2) is 0 Å². The Morgan fingerprint density at radius 3 is 1.95 bits per heavy atom. The Morgan fingerprint density at radius 2 is 1.43 bits per heavy atom. The molecule has 0 amide bonds. The molecule has 0 heterocycles. The summed E-state index contributed by atoms with van der Waals surface area (Å²) >= 11 is 0. The summed E-state index contributed by atoms with van der Waals surface area (Å²) in [5.41, 5.74) is 1.18. The molecule has 1 rings (SSSR count). The maximum Gasteiger partial charge on any atom is 0.313 e. The molecule has 1 aromatic carbocycles. The molecule has 0 unspecified atom stereocenters. The van der Waals surface area contributed by atoms with Crippen molar-refractivity contribution in [1.29, 1.82) is 0 Å². The van der Waals surface area contributed by atoms with Crippen LogP contribution in [0.2, 0.25) is 36.3 Å². The van der Waals surface area contributed by atoms with E-state index < -0.39 is 22.6 Å². The maximum absolute atomic E-state index is 12.9. The maximum atomic E-state index is 12.9. The van der Waals surface area contributed by atoms with Gasteiger partial charge in [-0.3, -0.25) is 9.59 Å². The number of ketones is 1. The van der Waals surface area contributed by atoms with E-state index in [0.717, 1.165) is 12.8 Å². The Kier molecular flexibility index (Phi) is 14.5. The lowest BCUT2D eigenvalue weighted by molar-refractivity contribution is -0.143. The third-order valence-corrected chi connectivity index (χ3v) is 17.8. The average molecular weight is 595 g/mol. The lowest BCUT2D eigenvalue weighted by atomic mass is 9.93. The van der Waals surface area contributed by atoms with E-state index in [1.165, 1.54) is 12.7 Å². The van der Waals surface area contributed by atoms with Crippen LogP contribution in [0.3, 0.4) is 0 Å². The van der Waals surface area contributed by atoms with Crippen molar-refractivity contribution in [2.45, 2.75) is 136 Å². The summed E-state index contributed by atoms with van der Waals surface area (Å²) < 4.78 is 24.6. The highest BCUT2D eigenvalue weighted by atomic mass is 28.4. The van der Waals surface area contributed by atoms with Crippen molar-refractivity contribution in [3.05, 3.63) is 35.9 Å². The minimum absolute atomic E-state index is 0.00581. The molecular formula is C32H58O6Si2. The van der Waals surface area contributed by atoms with Crippen molar-refractivity contribution < 1.29 is 27.9 Å². The van der Waals surface area contributed by atoms with E-state index in [1.807, 2.05) is 18.2 Å². The number of esters is 1. The molecule has 3 atom stereocenters. The second kappa shape index (κ2) is 15.8. The Morgan fingerprint density at radius 1 is 0.875 bits per heavy atom. The molecule has 0 radical (unpaired) electrons. The number of carbonyl (C=O) groups excluding carboxylic acids is 2. The minimum Gasteiger partial charge on any atom is -0.469 e. The number of rotatable bonds is 17. The van der Waals surface area contributed by atoms with Crippen LogP contribution in [-0.2, 0) is 34.5 Å². The predicted octanol–water partition coefficient (Wildman–Crippen LogP) is 8.31. The molecule has 6 nitrogen and oxygen atoms in total. The fourth-order valence-electron chi connectivity index (χ4n) is 3.99. The minimum atomic E-state index is -2.18. The van der Waals surface area contributed by atoms with Gasteiger partial charge in [0.1, 0.15) is 12.2 Å². The monoisotopic (exact) mass is 594 g/mol. The molecule has 8 heteroatoms. The normalized spacial score (nSPS) is 15.4. The van der Waals surface area contributed by atoms with Gasteiger partial charge in [0.15, 0.2) is 16.6 Å². The Labute approximate surface area is 247 Å². The Balaban J connectivity index is 3.08. The van der Waals surface area contributed by atoms with Crippen molar-refractivity contribution >= 4 is 28.4 Å².